The Morgan fingerprint density at radius 2 is 2.07 bits per heavy atom. The Hall–Kier alpha value is -1.99. The van der Waals surface area contributed by atoms with Crippen molar-refractivity contribution in [3.63, 3.8) is 0 Å². The van der Waals surface area contributed by atoms with Gasteiger partial charge in [0.25, 0.3) is 5.89 Å². The Bertz CT molecular complexity index is 741. The Labute approximate surface area is 160 Å². The van der Waals surface area contributed by atoms with Gasteiger partial charge in [0.15, 0.2) is 5.82 Å². The summed E-state index contributed by atoms with van der Waals surface area (Å²) in [6.07, 6.45) is 4.34. The van der Waals surface area contributed by atoms with Crippen LogP contribution in [0.1, 0.15) is 38.4 Å². The van der Waals surface area contributed by atoms with E-state index in [1.807, 2.05) is 12.3 Å². The van der Waals surface area contributed by atoms with Crippen LogP contribution in [0.15, 0.2) is 22.9 Å². The van der Waals surface area contributed by atoms with Crippen molar-refractivity contribution in [1.82, 2.24) is 20.0 Å². The zero-order chi connectivity index (χ0) is 18.6. The van der Waals surface area contributed by atoms with Gasteiger partial charge in [0.1, 0.15) is 5.82 Å². The van der Waals surface area contributed by atoms with Gasteiger partial charge in [0.05, 0.1) is 13.2 Å². The lowest BCUT2D eigenvalue weighted by Crippen LogP contribution is -2.44. The quantitative estimate of drug-likeness (QED) is 0.800. The van der Waals surface area contributed by atoms with Gasteiger partial charge in [0, 0.05) is 50.4 Å². The summed E-state index contributed by atoms with van der Waals surface area (Å²) in [4.78, 5) is 14.1. The lowest BCUT2D eigenvalue weighted by Gasteiger charge is -2.37. The molecule has 2 aliphatic rings. The van der Waals surface area contributed by atoms with E-state index in [0.29, 0.717) is 11.8 Å². The zero-order valence-corrected chi connectivity index (χ0v) is 16.3. The second-order valence-electron chi connectivity index (χ2n) is 7.88. The van der Waals surface area contributed by atoms with E-state index < -0.39 is 0 Å². The smallest absolute Gasteiger partial charge is 0.258 e. The molecule has 0 bridgehead atoms. The zero-order valence-electron chi connectivity index (χ0n) is 16.3. The first-order valence-corrected chi connectivity index (χ1v) is 10.0. The van der Waals surface area contributed by atoms with Crippen LogP contribution < -0.4 is 4.90 Å². The molecule has 2 saturated heterocycles. The largest absolute Gasteiger partial charge is 0.379 e. The van der Waals surface area contributed by atoms with Gasteiger partial charge in [-0.1, -0.05) is 19.0 Å². The number of ether oxygens (including phenoxy) is 1. The van der Waals surface area contributed by atoms with Gasteiger partial charge >= 0.3 is 0 Å². The molecule has 4 heterocycles. The highest BCUT2D eigenvalue weighted by atomic mass is 16.5. The third-order valence-electron chi connectivity index (χ3n) is 5.41. The highest BCUT2D eigenvalue weighted by molar-refractivity contribution is 5.58. The highest BCUT2D eigenvalue weighted by Crippen LogP contribution is 2.27. The molecule has 0 saturated carbocycles. The van der Waals surface area contributed by atoms with Gasteiger partial charge in [-0.3, -0.25) is 4.90 Å². The van der Waals surface area contributed by atoms with Crippen molar-refractivity contribution in [2.45, 2.75) is 32.6 Å². The van der Waals surface area contributed by atoms with Crippen LogP contribution in [0.5, 0.6) is 0 Å². The van der Waals surface area contributed by atoms with Crippen LogP contribution in [0.25, 0.3) is 11.5 Å². The number of hydrogen-bond donors (Lipinski definition) is 0. The van der Waals surface area contributed by atoms with Gasteiger partial charge in [-0.15, -0.1) is 0 Å². The molecule has 146 valence electrons. The maximum absolute atomic E-state index is 5.47. The summed E-state index contributed by atoms with van der Waals surface area (Å²) in [5.74, 6) is 3.25. The SMILES string of the molecule is CC(C)c1noc(-c2ccnc(N3CCCC(CN4CCOCC4)C3)c2)n1. The van der Waals surface area contributed by atoms with Crippen molar-refractivity contribution in [3.8, 4) is 11.5 Å². The second-order valence-corrected chi connectivity index (χ2v) is 7.88. The van der Waals surface area contributed by atoms with Crippen molar-refractivity contribution >= 4 is 5.82 Å². The number of aromatic nitrogens is 3. The topological polar surface area (TPSA) is 67.5 Å². The molecular formula is C20H29N5O2. The number of anilines is 1. The molecular weight excluding hydrogens is 342 g/mol. The van der Waals surface area contributed by atoms with Crippen molar-refractivity contribution in [1.29, 1.82) is 0 Å². The van der Waals surface area contributed by atoms with Crippen LogP contribution in [0.4, 0.5) is 5.82 Å². The summed E-state index contributed by atoms with van der Waals surface area (Å²) >= 11 is 0. The fourth-order valence-corrected chi connectivity index (χ4v) is 3.88. The molecule has 2 fully saturated rings. The first-order valence-electron chi connectivity index (χ1n) is 10.0. The van der Waals surface area contributed by atoms with Crippen molar-refractivity contribution in [3.05, 3.63) is 24.2 Å². The summed E-state index contributed by atoms with van der Waals surface area (Å²) in [6.45, 7) is 11.2. The molecule has 27 heavy (non-hydrogen) atoms. The number of hydrogen-bond acceptors (Lipinski definition) is 7. The minimum atomic E-state index is 0.256. The van der Waals surface area contributed by atoms with E-state index in [4.69, 9.17) is 9.26 Å². The van der Waals surface area contributed by atoms with Crippen molar-refractivity contribution in [2.24, 2.45) is 5.92 Å². The van der Waals surface area contributed by atoms with E-state index in [-0.39, 0.29) is 5.92 Å². The fourth-order valence-electron chi connectivity index (χ4n) is 3.88. The van der Waals surface area contributed by atoms with Gasteiger partial charge in [0.2, 0.25) is 0 Å². The van der Waals surface area contributed by atoms with E-state index in [1.54, 1.807) is 0 Å². The van der Waals surface area contributed by atoms with E-state index in [0.717, 1.165) is 63.1 Å². The third kappa shape index (κ3) is 4.47. The van der Waals surface area contributed by atoms with Gasteiger partial charge in [-0.25, -0.2) is 4.98 Å². The molecule has 0 radical (unpaired) electrons. The molecule has 2 aliphatic heterocycles. The second kappa shape index (κ2) is 8.35. The van der Waals surface area contributed by atoms with Crippen LogP contribution in [0.3, 0.4) is 0 Å². The maximum Gasteiger partial charge on any atom is 0.258 e. The normalized spacial score (nSPS) is 21.7. The summed E-state index contributed by atoms with van der Waals surface area (Å²) < 4.78 is 10.9. The first kappa shape index (κ1) is 18.4. The van der Waals surface area contributed by atoms with Crippen LogP contribution in [0, 0.1) is 5.92 Å². The lowest BCUT2D eigenvalue weighted by atomic mass is 9.97. The summed E-state index contributed by atoms with van der Waals surface area (Å²) in [5, 5.41) is 4.08. The van der Waals surface area contributed by atoms with Crippen molar-refractivity contribution < 1.29 is 9.26 Å². The van der Waals surface area contributed by atoms with Crippen LogP contribution >= 0.6 is 0 Å². The van der Waals surface area contributed by atoms with Crippen LogP contribution in [-0.2, 0) is 4.74 Å². The van der Waals surface area contributed by atoms with Crippen LogP contribution in [0.2, 0.25) is 0 Å². The van der Waals surface area contributed by atoms with Crippen molar-refractivity contribution in [2.75, 3.05) is 50.8 Å². The molecule has 1 unspecified atom stereocenters. The molecule has 0 N–H and O–H groups in total. The summed E-state index contributed by atoms with van der Waals surface area (Å²) in [6, 6.07) is 4.02. The highest BCUT2D eigenvalue weighted by Gasteiger charge is 2.24. The molecule has 7 heteroatoms. The Balaban J connectivity index is 1.44. The predicted octanol–water partition coefficient (Wildman–Crippen LogP) is 2.80. The first-order chi connectivity index (χ1) is 13.2. The maximum atomic E-state index is 5.47. The van der Waals surface area contributed by atoms with E-state index >= 15 is 0 Å². The Morgan fingerprint density at radius 3 is 2.85 bits per heavy atom. The van der Waals surface area contributed by atoms with E-state index in [9.17, 15) is 0 Å². The molecule has 0 amide bonds. The minimum absolute atomic E-state index is 0.256. The molecule has 2 aromatic heterocycles. The molecule has 0 aromatic carbocycles. The molecule has 7 nitrogen and oxygen atoms in total. The monoisotopic (exact) mass is 371 g/mol. The number of piperidine rings is 1. The Morgan fingerprint density at radius 1 is 1.22 bits per heavy atom. The Kier molecular flexibility index (Phi) is 5.69. The van der Waals surface area contributed by atoms with Crippen LogP contribution in [-0.4, -0.2) is 66.0 Å². The number of morpholine rings is 1. The van der Waals surface area contributed by atoms with E-state index in [1.165, 1.54) is 12.8 Å². The van der Waals surface area contributed by atoms with Gasteiger partial charge in [-0.2, -0.15) is 4.98 Å². The molecule has 1 atom stereocenters. The minimum Gasteiger partial charge on any atom is -0.379 e. The number of pyridine rings is 1. The van der Waals surface area contributed by atoms with Gasteiger partial charge in [-0.05, 0) is 30.9 Å². The number of rotatable bonds is 5. The fraction of sp³-hybridized carbons (Fsp3) is 0.650. The average Bonchev–Trinajstić information content (AvgIpc) is 3.20. The predicted molar refractivity (Wildman–Crippen MR) is 104 cm³/mol. The standard InChI is InChI=1S/C20H29N5O2/c1-15(2)19-22-20(27-23-19)17-5-6-21-18(12-17)25-7-3-4-16(14-25)13-24-8-10-26-11-9-24/h5-6,12,15-16H,3-4,7-11,13-14H2,1-2H3. The van der Waals surface area contributed by atoms with E-state index in [2.05, 4.69) is 44.8 Å². The molecule has 0 spiro atoms. The molecule has 0 aliphatic carbocycles. The summed E-state index contributed by atoms with van der Waals surface area (Å²) in [5.41, 5.74) is 0.940. The lowest BCUT2D eigenvalue weighted by molar-refractivity contribution is 0.0296. The average molecular weight is 371 g/mol. The van der Waals surface area contributed by atoms with Gasteiger partial charge < -0.3 is 14.2 Å². The molecule has 4 rings (SSSR count). The summed E-state index contributed by atoms with van der Waals surface area (Å²) in [7, 11) is 0. The molecule has 2 aromatic rings. The number of nitrogens with zero attached hydrogens (tertiary/aromatic N) is 5. The third-order valence-corrected chi connectivity index (χ3v) is 5.41.